The number of ether oxygens (including phenoxy) is 1. The average molecular weight is 327 g/mol. The largest absolute Gasteiger partial charge is 0.444 e. The van der Waals surface area contributed by atoms with Crippen LogP contribution in [-0.2, 0) is 14.3 Å². The predicted molar refractivity (Wildman–Crippen MR) is 86.7 cm³/mol. The summed E-state index contributed by atoms with van der Waals surface area (Å²) in [5.41, 5.74) is 4.47. The Morgan fingerprint density at radius 2 is 2.00 bits per heavy atom. The molecule has 1 aliphatic carbocycles. The molecule has 0 heterocycles. The quantitative estimate of drug-likeness (QED) is 0.603. The lowest BCUT2D eigenvalue weighted by atomic mass is 10.0. The van der Waals surface area contributed by atoms with E-state index in [1.165, 1.54) is 0 Å². The van der Waals surface area contributed by atoms with Crippen molar-refractivity contribution in [3.05, 3.63) is 0 Å². The summed E-state index contributed by atoms with van der Waals surface area (Å²) in [7, 11) is 0. The molecule has 0 aromatic heterocycles. The number of hydrogen-bond acceptors (Lipinski definition) is 5. The van der Waals surface area contributed by atoms with Crippen LogP contribution in [-0.4, -0.2) is 42.0 Å². The molecule has 1 unspecified atom stereocenters. The number of alkyl carbamates (subject to hydrolysis) is 1. The molecule has 0 spiro atoms. The standard InChI is InChI=1S/C16H29N3O4/c1-10(2)6-12(9-20)19-13(21)16(17)7-11(16)8-18-14(22)23-15(3,4)5/h9-12H,6-8,17H2,1-5H3,(H,18,22)(H,19,21)/t11?,12-,16-/m1/s1. The number of hydrogen-bond donors (Lipinski definition) is 3. The third kappa shape index (κ3) is 6.17. The normalized spacial score (nSPS) is 24.7. The van der Waals surface area contributed by atoms with E-state index >= 15 is 0 Å². The Labute approximate surface area is 137 Å². The van der Waals surface area contributed by atoms with Crippen LogP contribution in [0.15, 0.2) is 0 Å². The molecule has 0 aromatic rings. The van der Waals surface area contributed by atoms with E-state index in [9.17, 15) is 14.4 Å². The van der Waals surface area contributed by atoms with Gasteiger partial charge in [0.15, 0.2) is 0 Å². The monoisotopic (exact) mass is 327 g/mol. The van der Waals surface area contributed by atoms with Gasteiger partial charge in [0.2, 0.25) is 5.91 Å². The molecule has 132 valence electrons. The van der Waals surface area contributed by atoms with E-state index in [2.05, 4.69) is 10.6 Å². The van der Waals surface area contributed by atoms with Gasteiger partial charge in [0.25, 0.3) is 0 Å². The highest BCUT2D eigenvalue weighted by Crippen LogP contribution is 2.40. The second kappa shape index (κ2) is 7.29. The topological polar surface area (TPSA) is 111 Å². The summed E-state index contributed by atoms with van der Waals surface area (Å²) in [6.45, 7) is 9.56. The van der Waals surface area contributed by atoms with Crippen LogP contribution in [0.4, 0.5) is 4.79 Å². The third-order valence-electron chi connectivity index (χ3n) is 3.67. The molecule has 0 radical (unpaired) electrons. The fourth-order valence-corrected chi connectivity index (χ4v) is 2.36. The summed E-state index contributed by atoms with van der Waals surface area (Å²) >= 11 is 0. The molecular formula is C16H29N3O4. The number of nitrogens with two attached hydrogens (primary N) is 1. The average Bonchev–Trinajstić information content (AvgIpc) is 3.05. The van der Waals surface area contributed by atoms with Gasteiger partial charge in [-0.3, -0.25) is 4.79 Å². The third-order valence-corrected chi connectivity index (χ3v) is 3.67. The summed E-state index contributed by atoms with van der Waals surface area (Å²) in [4.78, 5) is 34.8. The Bertz CT molecular complexity index is 459. The van der Waals surface area contributed by atoms with Crippen molar-refractivity contribution in [1.29, 1.82) is 0 Å². The van der Waals surface area contributed by atoms with Crippen LogP contribution < -0.4 is 16.4 Å². The number of aldehydes is 1. The van der Waals surface area contributed by atoms with E-state index in [-0.39, 0.29) is 18.4 Å². The zero-order chi connectivity index (χ0) is 17.8. The number of carbonyl (C=O) groups is 3. The molecule has 4 N–H and O–H groups in total. The molecule has 0 aliphatic heterocycles. The van der Waals surface area contributed by atoms with Crippen molar-refractivity contribution < 1.29 is 19.1 Å². The maximum atomic E-state index is 12.2. The summed E-state index contributed by atoms with van der Waals surface area (Å²) in [5.74, 6) is -0.198. The molecule has 0 bridgehead atoms. The molecule has 1 rings (SSSR count). The minimum atomic E-state index is -1.02. The minimum absolute atomic E-state index is 0.152. The van der Waals surface area contributed by atoms with Crippen LogP contribution in [0.25, 0.3) is 0 Å². The van der Waals surface area contributed by atoms with E-state index in [0.29, 0.717) is 18.8 Å². The Balaban J connectivity index is 2.43. The molecule has 1 aliphatic rings. The predicted octanol–water partition coefficient (Wildman–Crippen LogP) is 0.958. The fraction of sp³-hybridized carbons (Fsp3) is 0.812. The van der Waals surface area contributed by atoms with E-state index in [1.807, 2.05) is 13.8 Å². The van der Waals surface area contributed by atoms with Crippen molar-refractivity contribution in [3.8, 4) is 0 Å². The molecule has 23 heavy (non-hydrogen) atoms. The highest BCUT2D eigenvalue weighted by atomic mass is 16.6. The lowest BCUT2D eigenvalue weighted by molar-refractivity contribution is -0.126. The summed E-state index contributed by atoms with van der Waals surface area (Å²) < 4.78 is 5.13. The van der Waals surface area contributed by atoms with Crippen LogP contribution in [0.2, 0.25) is 0 Å². The molecule has 2 amide bonds. The van der Waals surface area contributed by atoms with Gasteiger partial charge in [-0.15, -0.1) is 0 Å². The molecule has 3 atom stereocenters. The van der Waals surface area contributed by atoms with Crippen LogP contribution in [0.5, 0.6) is 0 Å². The van der Waals surface area contributed by atoms with E-state index in [0.717, 1.165) is 6.29 Å². The first-order valence-electron chi connectivity index (χ1n) is 8.00. The van der Waals surface area contributed by atoms with E-state index < -0.39 is 23.3 Å². The molecule has 0 saturated heterocycles. The second-order valence-corrected chi connectivity index (χ2v) is 7.67. The Morgan fingerprint density at radius 1 is 1.39 bits per heavy atom. The van der Waals surface area contributed by atoms with Gasteiger partial charge in [0, 0.05) is 12.5 Å². The van der Waals surface area contributed by atoms with Gasteiger partial charge in [0.1, 0.15) is 17.4 Å². The highest BCUT2D eigenvalue weighted by molar-refractivity contribution is 5.91. The van der Waals surface area contributed by atoms with Crippen molar-refractivity contribution >= 4 is 18.3 Å². The second-order valence-electron chi connectivity index (χ2n) is 7.67. The van der Waals surface area contributed by atoms with E-state index in [4.69, 9.17) is 10.5 Å². The number of amides is 2. The number of carbonyl (C=O) groups excluding carboxylic acids is 3. The van der Waals surface area contributed by atoms with Crippen LogP contribution in [0.3, 0.4) is 0 Å². The summed E-state index contributed by atoms with van der Waals surface area (Å²) in [6, 6.07) is -0.525. The number of nitrogens with one attached hydrogen (secondary N) is 2. The first-order chi connectivity index (χ1) is 10.5. The van der Waals surface area contributed by atoms with Gasteiger partial charge in [-0.1, -0.05) is 13.8 Å². The lowest BCUT2D eigenvalue weighted by Crippen LogP contribution is -2.50. The molecule has 0 aromatic carbocycles. The zero-order valence-electron chi connectivity index (χ0n) is 14.6. The minimum Gasteiger partial charge on any atom is -0.444 e. The highest BCUT2D eigenvalue weighted by Gasteiger charge is 2.57. The van der Waals surface area contributed by atoms with Crippen molar-refractivity contribution in [2.24, 2.45) is 17.6 Å². The van der Waals surface area contributed by atoms with Gasteiger partial charge >= 0.3 is 6.09 Å². The van der Waals surface area contributed by atoms with Gasteiger partial charge in [-0.25, -0.2) is 4.79 Å². The van der Waals surface area contributed by atoms with Crippen molar-refractivity contribution in [1.82, 2.24) is 10.6 Å². The zero-order valence-corrected chi connectivity index (χ0v) is 14.6. The maximum Gasteiger partial charge on any atom is 0.407 e. The van der Waals surface area contributed by atoms with Crippen LogP contribution >= 0.6 is 0 Å². The molecule has 7 heteroatoms. The van der Waals surface area contributed by atoms with Crippen molar-refractivity contribution in [3.63, 3.8) is 0 Å². The van der Waals surface area contributed by atoms with Crippen molar-refractivity contribution in [2.75, 3.05) is 6.54 Å². The smallest absolute Gasteiger partial charge is 0.407 e. The maximum absolute atomic E-state index is 12.2. The number of rotatable bonds is 7. The molecule has 1 fully saturated rings. The SMILES string of the molecule is CC(C)C[C@H](C=O)NC(=O)[C@@]1(N)CC1CNC(=O)OC(C)(C)C. The molecule has 1 saturated carbocycles. The Morgan fingerprint density at radius 3 is 2.48 bits per heavy atom. The first kappa shape index (κ1) is 19.4. The van der Waals surface area contributed by atoms with E-state index in [1.54, 1.807) is 20.8 Å². The lowest BCUT2D eigenvalue weighted by Gasteiger charge is -2.20. The Kier molecular flexibility index (Phi) is 6.16. The van der Waals surface area contributed by atoms with Gasteiger partial charge in [0.05, 0.1) is 6.04 Å². The van der Waals surface area contributed by atoms with Crippen LogP contribution in [0, 0.1) is 11.8 Å². The van der Waals surface area contributed by atoms with Crippen molar-refractivity contribution in [2.45, 2.75) is 64.6 Å². The molecule has 7 nitrogen and oxygen atoms in total. The fourth-order valence-electron chi connectivity index (χ4n) is 2.36. The van der Waals surface area contributed by atoms with Gasteiger partial charge in [-0.05, 0) is 39.5 Å². The summed E-state index contributed by atoms with van der Waals surface area (Å²) in [6.07, 6.45) is 1.25. The summed E-state index contributed by atoms with van der Waals surface area (Å²) in [5, 5.41) is 5.30. The van der Waals surface area contributed by atoms with Crippen LogP contribution in [0.1, 0.15) is 47.5 Å². The molecular weight excluding hydrogens is 298 g/mol. The van der Waals surface area contributed by atoms with Gasteiger partial charge in [-0.2, -0.15) is 0 Å². The Hall–Kier alpha value is -1.63. The first-order valence-corrected chi connectivity index (χ1v) is 8.00. The van der Waals surface area contributed by atoms with Gasteiger partial charge < -0.3 is 25.9 Å².